The minimum Gasteiger partial charge on any atom is -0.365 e. The lowest BCUT2D eigenvalue weighted by Crippen LogP contribution is -2.08. The van der Waals surface area contributed by atoms with Crippen molar-refractivity contribution >= 4 is 23.3 Å². The Morgan fingerprint density at radius 2 is 2.17 bits per heavy atom. The van der Waals surface area contributed by atoms with E-state index >= 15 is 0 Å². The Morgan fingerprint density at radius 1 is 1.44 bits per heavy atom. The minimum absolute atomic E-state index is 0.0848. The van der Waals surface area contributed by atoms with Crippen LogP contribution in [0.2, 0.25) is 0 Å². The van der Waals surface area contributed by atoms with Crippen molar-refractivity contribution in [2.75, 3.05) is 23.9 Å². The molecule has 7 heteroatoms. The minimum atomic E-state index is -0.377. The summed E-state index contributed by atoms with van der Waals surface area (Å²) in [5.74, 6) is 1.67. The highest BCUT2D eigenvalue weighted by Crippen LogP contribution is 2.27. The van der Waals surface area contributed by atoms with E-state index in [9.17, 15) is 10.1 Å². The normalized spacial score (nSPS) is 10.6. The summed E-state index contributed by atoms with van der Waals surface area (Å²) in [5.41, 5.74) is 0.536. The first kappa shape index (κ1) is 14.8. The molecule has 0 aliphatic carbocycles. The molecule has 0 aliphatic heterocycles. The number of hydrogen-bond donors (Lipinski definition) is 1. The van der Waals surface area contributed by atoms with Crippen LogP contribution in [0.25, 0.3) is 0 Å². The van der Waals surface area contributed by atoms with E-state index in [1.165, 1.54) is 16.9 Å². The van der Waals surface area contributed by atoms with E-state index in [0.29, 0.717) is 11.5 Å². The molecule has 0 fully saturated rings. The summed E-state index contributed by atoms with van der Waals surface area (Å²) in [6.45, 7) is 2.40. The zero-order valence-electron chi connectivity index (χ0n) is 11.1. The number of hydrogen-bond acceptors (Lipinski definition) is 5. The van der Waals surface area contributed by atoms with Crippen molar-refractivity contribution in [3.8, 4) is 0 Å². The highest BCUT2D eigenvalue weighted by molar-refractivity contribution is 7.98. The molecule has 0 aliphatic rings. The number of thioether (sulfide) groups is 1. The Bertz CT molecular complexity index is 406. The summed E-state index contributed by atoms with van der Waals surface area (Å²) in [4.78, 5) is 10.6. The van der Waals surface area contributed by atoms with Gasteiger partial charge in [0.15, 0.2) is 0 Å². The lowest BCUT2D eigenvalue weighted by atomic mass is 10.2. The van der Waals surface area contributed by atoms with Gasteiger partial charge in [-0.15, -0.1) is 0 Å². The third kappa shape index (κ3) is 3.90. The number of anilines is 1. The number of aromatic nitrogens is 2. The molecule has 0 bridgehead atoms. The Morgan fingerprint density at radius 3 is 2.78 bits per heavy atom. The van der Waals surface area contributed by atoms with Gasteiger partial charge in [-0.1, -0.05) is 6.42 Å². The molecule has 0 unspecified atom stereocenters. The predicted molar refractivity (Wildman–Crippen MR) is 75.3 cm³/mol. The van der Waals surface area contributed by atoms with E-state index in [-0.39, 0.29) is 10.6 Å². The molecule has 0 radical (unpaired) electrons. The zero-order chi connectivity index (χ0) is 13.5. The molecule has 6 nitrogen and oxygen atoms in total. The highest BCUT2D eigenvalue weighted by atomic mass is 32.2. The summed E-state index contributed by atoms with van der Waals surface area (Å²) in [7, 11) is 1.72. The number of nitrogens with zero attached hydrogens (tertiary/aromatic N) is 3. The van der Waals surface area contributed by atoms with Gasteiger partial charge in [0.1, 0.15) is 5.69 Å². The molecule has 0 aromatic carbocycles. The van der Waals surface area contributed by atoms with Gasteiger partial charge in [-0.05, 0) is 31.8 Å². The molecular formula is C11H20N4O2S. The summed E-state index contributed by atoms with van der Waals surface area (Å²) >= 11 is 1.84. The van der Waals surface area contributed by atoms with Crippen LogP contribution in [0.4, 0.5) is 11.5 Å². The van der Waals surface area contributed by atoms with Gasteiger partial charge in [0, 0.05) is 13.6 Å². The van der Waals surface area contributed by atoms with Crippen LogP contribution in [0.15, 0.2) is 0 Å². The van der Waals surface area contributed by atoms with Crippen LogP contribution in [0, 0.1) is 17.0 Å². The number of nitro groups is 1. The Hall–Kier alpha value is -1.24. The molecule has 1 N–H and O–H groups in total. The average molecular weight is 272 g/mol. The smallest absolute Gasteiger partial charge is 0.333 e. The molecule has 0 saturated heterocycles. The van der Waals surface area contributed by atoms with Crippen LogP contribution < -0.4 is 5.32 Å². The van der Waals surface area contributed by atoms with Gasteiger partial charge in [0.05, 0.1) is 4.92 Å². The molecule has 0 spiro atoms. The van der Waals surface area contributed by atoms with Crippen LogP contribution in [-0.2, 0) is 7.05 Å². The third-order valence-corrected chi connectivity index (χ3v) is 3.39. The second-order valence-corrected chi connectivity index (χ2v) is 5.13. The van der Waals surface area contributed by atoms with Crippen LogP contribution >= 0.6 is 11.8 Å². The molecule has 102 valence electrons. The maximum Gasteiger partial charge on any atom is 0.333 e. The van der Waals surface area contributed by atoms with Crippen molar-refractivity contribution in [3.63, 3.8) is 0 Å². The molecule has 1 rings (SSSR count). The lowest BCUT2D eigenvalue weighted by Gasteiger charge is -2.05. The van der Waals surface area contributed by atoms with Crippen molar-refractivity contribution in [1.29, 1.82) is 0 Å². The first-order chi connectivity index (χ1) is 8.57. The van der Waals surface area contributed by atoms with Crippen LogP contribution in [-0.4, -0.2) is 33.3 Å². The summed E-state index contributed by atoms with van der Waals surface area (Å²) in [6.07, 6.45) is 5.44. The number of aryl methyl sites for hydroxylation is 2. The van der Waals surface area contributed by atoms with E-state index in [0.717, 1.165) is 19.4 Å². The van der Waals surface area contributed by atoms with Gasteiger partial charge in [0.25, 0.3) is 0 Å². The van der Waals surface area contributed by atoms with Crippen molar-refractivity contribution in [3.05, 3.63) is 15.8 Å². The second kappa shape index (κ2) is 7.25. The maximum atomic E-state index is 10.9. The summed E-state index contributed by atoms with van der Waals surface area (Å²) in [5, 5.41) is 18.1. The maximum absolute atomic E-state index is 10.9. The Kier molecular flexibility index (Phi) is 5.97. The first-order valence-electron chi connectivity index (χ1n) is 5.98. The molecular weight excluding hydrogens is 252 g/mol. The van der Waals surface area contributed by atoms with Crippen LogP contribution in [0.3, 0.4) is 0 Å². The molecule has 1 aromatic heterocycles. The zero-order valence-corrected chi connectivity index (χ0v) is 11.9. The Balaban J connectivity index is 2.49. The van der Waals surface area contributed by atoms with Gasteiger partial charge in [-0.3, -0.25) is 10.1 Å². The first-order valence-corrected chi connectivity index (χ1v) is 7.38. The molecule has 0 saturated carbocycles. The van der Waals surface area contributed by atoms with Crippen LogP contribution in [0.1, 0.15) is 25.0 Å². The van der Waals surface area contributed by atoms with E-state index in [1.54, 1.807) is 14.0 Å². The Labute approximate surface area is 111 Å². The van der Waals surface area contributed by atoms with E-state index in [2.05, 4.69) is 16.7 Å². The third-order valence-electron chi connectivity index (χ3n) is 2.69. The second-order valence-electron chi connectivity index (χ2n) is 4.14. The standard InChI is InChI=1S/C11H20N4O2S/c1-9-10(15(16)17)11(14(2)13-9)12-7-5-4-6-8-18-3/h12H,4-8H2,1-3H3. The van der Waals surface area contributed by atoms with Crippen molar-refractivity contribution in [2.24, 2.45) is 7.05 Å². The fraction of sp³-hybridized carbons (Fsp3) is 0.727. The van der Waals surface area contributed by atoms with Gasteiger partial charge in [-0.2, -0.15) is 16.9 Å². The van der Waals surface area contributed by atoms with E-state index in [1.807, 2.05) is 11.8 Å². The van der Waals surface area contributed by atoms with Gasteiger partial charge < -0.3 is 5.32 Å². The highest BCUT2D eigenvalue weighted by Gasteiger charge is 2.23. The van der Waals surface area contributed by atoms with Crippen molar-refractivity contribution < 1.29 is 4.92 Å². The lowest BCUT2D eigenvalue weighted by molar-refractivity contribution is -0.384. The van der Waals surface area contributed by atoms with Crippen LogP contribution in [0.5, 0.6) is 0 Å². The number of nitrogens with one attached hydrogen (secondary N) is 1. The average Bonchev–Trinajstić information content (AvgIpc) is 2.58. The van der Waals surface area contributed by atoms with E-state index in [4.69, 9.17) is 0 Å². The van der Waals surface area contributed by atoms with Crippen molar-refractivity contribution in [2.45, 2.75) is 26.2 Å². The fourth-order valence-electron chi connectivity index (χ4n) is 1.82. The van der Waals surface area contributed by atoms with Gasteiger partial charge in [-0.25, -0.2) is 4.68 Å². The molecule has 1 heterocycles. The molecule has 1 aromatic rings. The number of unbranched alkanes of at least 4 members (excludes halogenated alkanes) is 2. The van der Waals surface area contributed by atoms with Gasteiger partial charge in [0.2, 0.25) is 5.82 Å². The quantitative estimate of drug-likeness (QED) is 0.447. The SMILES string of the molecule is CSCCCCCNc1c([N+](=O)[O-])c(C)nn1C. The summed E-state index contributed by atoms with van der Waals surface area (Å²) < 4.78 is 1.54. The van der Waals surface area contributed by atoms with Crippen molar-refractivity contribution in [1.82, 2.24) is 9.78 Å². The number of rotatable bonds is 8. The molecule has 18 heavy (non-hydrogen) atoms. The van der Waals surface area contributed by atoms with E-state index < -0.39 is 0 Å². The fourth-order valence-corrected chi connectivity index (χ4v) is 2.31. The molecule has 0 amide bonds. The topological polar surface area (TPSA) is 73.0 Å². The molecule has 0 atom stereocenters. The monoisotopic (exact) mass is 272 g/mol. The predicted octanol–water partition coefficient (Wildman–Crippen LogP) is 2.58. The summed E-state index contributed by atoms with van der Waals surface area (Å²) in [6, 6.07) is 0. The largest absolute Gasteiger partial charge is 0.365 e. The van der Waals surface area contributed by atoms with Gasteiger partial charge >= 0.3 is 5.69 Å².